The summed E-state index contributed by atoms with van der Waals surface area (Å²) in [5.74, 6) is -0.458. The first-order chi connectivity index (χ1) is 7.66. The molecule has 0 aliphatic carbocycles. The van der Waals surface area contributed by atoms with Gasteiger partial charge in [0.2, 0.25) is 0 Å². The highest BCUT2D eigenvalue weighted by Crippen LogP contribution is 2.24. The lowest BCUT2D eigenvalue weighted by Crippen LogP contribution is -2.03. The van der Waals surface area contributed by atoms with Crippen LogP contribution in [0, 0.1) is 5.82 Å². The number of aliphatic hydroxyl groups is 1. The van der Waals surface area contributed by atoms with E-state index in [9.17, 15) is 9.50 Å². The largest absolute Gasteiger partial charge is 0.472 e. The van der Waals surface area contributed by atoms with E-state index in [2.05, 4.69) is 0 Å². The lowest BCUT2D eigenvalue weighted by atomic mass is 10.0. The number of rotatable bonds is 3. The van der Waals surface area contributed by atoms with Crippen LogP contribution in [0.25, 0.3) is 0 Å². The summed E-state index contributed by atoms with van der Waals surface area (Å²) in [4.78, 5) is 0. The topological polar surface area (TPSA) is 33.4 Å². The van der Waals surface area contributed by atoms with Crippen LogP contribution in [-0.4, -0.2) is 5.11 Å². The van der Waals surface area contributed by atoms with Crippen molar-refractivity contribution in [1.29, 1.82) is 0 Å². The highest BCUT2D eigenvalue weighted by Gasteiger charge is 2.14. The predicted molar refractivity (Wildman–Crippen MR) is 58.8 cm³/mol. The van der Waals surface area contributed by atoms with Gasteiger partial charge in [-0.25, -0.2) is 4.39 Å². The summed E-state index contributed by atoms with van der Waals surface area (Å²) in [7, 11) is 0. The van der Waals surface area contributed by atoms with E-state index in [1.54, 1.807) is 6.07 Å². The van der Waals surface area contributed by atoms with Crippen molar-refractivity contribution in [1.82, 2.24) is 0 Å². The minimum absolute atomic E-state index is 0.203. The quantitative estimate of drug-likeness (QED) is 0.893. The summed E-state index contributed by atoms with van der Waals surface area (Å²) < 4.78 is 18.3. The molecular formula is C12H10ClFO2. The number of hydrogen-bond donors (Lipinski definition) is 1. The van der Waals surface area contributed by atoms with E-state index in [4.69, 9.17) is 16.0 Å². The smallest absolute Gasteiger partial charge is 0.129 e. The van der Waals surface area contributed by atoms with Crippen molar-refractivity contribution in [3.05, 3.63) is 58.8 Å². The van der Waals surface area contributed by atoms with E-state index in [0.29, 0.717) is 11.4 Å². The van der Waals surface area contributed by atoms with Crippen LogP contribution in [-0.2, 0) is 6.42 Å². The Morgan fingerprint density at radius 1 is 1.38 bits per heavy atom. The summed E-state index contributed by atoms with van der Waals surface area (Å²) >= 11 is 5.75. The maximum absolute atomic E-state index is 13.4. The summed E-state index contributed by atoms with van der Waals surface area (Å²) in [5.41, 5.74) is 1.01. The van der Waals surface area contributed by atoms with Gasteiger partial charge in [-0.3, -0.25) is 0 Å². The highest BCUT2D eigenvalue weighted by molar-refractivity contribution is 6.30. The molecule has 1 unspecified atom stereocenters. The van der Waals surface area contributed by atoms with Gasteiger partial charge in [-0.15, -0.1) is 0 Å². The van der Waals surface area contributed by atoms with Gasteiger partial charge >= 0.3 is 0 Å². The third kappa shape index (κ3) is 2.43. The summed E-state index contributed by atoms with van der Waals surface area (Å²) in [5, 5.41) is 10.3. The molecule has 0 bridgehead atoms. The first-order valence-electron chi connectivity index (χ1n) is 4.81. The van der Waals surface area contributed by atoms with E-state index in [0.717, 1.165) is 5.56 Å². The number of furan rings is 1. The number of halogens is 2. The average Bonchev–Trinajstić information content (AvgIpc) is 2.74. The molecule has 1 aromatic heterocycles. The zero-order valence-corrected chi connectivity index (χ0v) is 9.12. The molecular weight excluding hydrogens is 231 g/mol. The Labute approximate surface area is 97.3 Å². The van der Waals surface area contributed by atoms with E-state index in [-0.39, 0.29) is 5.56 Å². The monoisotopic (exact) mass is 240 g/mol. The first-order valence-corrected chi connectivity index (χ1v) is 5.18. The highest BCUT2D eigenvalue weighted by atomic mass is 35.5. The fourth-order valence-electron chi connectivity index (χ4n) is 1.51. The Morgan fingerprint density at radius 2 is 2.19 bits per heavy atom. The van der Waals surface area contributed by atoms with Crippen LogP contribution in [0.5, 0.6) is 0 Å². The molecule has 0 saturated carbocycles. The Bertz CT molecular complexity index is 468. The molecule has 2 aromatic rings. The van der Waals surface area contributed by atoms with Gasteiger partial charge in [-0.1, -0.05) is 11.6 Å². The second kappa shape index (κ2) is 4.68. The van der Waals surface area contributed by atoms with Gasteiger partial charge in [0.05, 0.1) is 18.6 Å². The van der Waals surface area contributed by atoms with Gasteiger partial charge in [0.25, 0.3) is 0 Å². The number of aliphatic hydroxyl groups excluding tert-OH is 1. The van der Waals surface area contributed by atoms with Crippen molar-refractivity contribution >= 4 is 11.6 Å². The molecule has 1 aromatic carbocycles. The molecule has 0 saturated heterocycles. The SMILES string of the molecule is OC(Cc1ccoc1)c1cc(Cl)ccc1F. The molecule has 1 heterocycles. The molecule has 0 aliphatic rings. The second-order valence-corrected chi connectivity index (χ2v) is 3.95. The number of benzene rings is 1. The van der Waals surface area contributed by atoms with Crippen LogP contribution in [0.3, 0.4) is 0 Å². The molecule has 0 radical (unpaired) electrons. The minimum Gasteiger partial charge on any atom is -0.472 e. The van der Waals surface area contributed by atoms with Crippen molar-refractivity contribution in [3.8, 4) is 0 Å². The normalized spacial score (nSPS) is 12.7. The zero-order valence-electron chi connectivity index (χ0n) is 8.36. The van der Waals surface area contributed by atoms with Gasteiger partial charge < -0.3 is 9.52 Å². The van der Waals surface area contributed by atoms with Crippen molar-refractivity contribution in [2.45, 2.75) is 12.5 Å². The molecule has 0 aliphatic heterocycles. The van der Waals surface area contributed by atoms with Gasteiger partial charge in [-0.2, -0.15) is 0 Å². The summed E-state index contributed by atoms with van der Waals surface area (Å²) in [6.45, 7) is 0. The van der Waals surface area contributed by atoms with Gasteiger partial charge in [0.1, 0.15) is 5.82 Å². The predicted octanol–water partition coefficient (Wildman–Crippen LogP) is 3.35. The molecule has 4 heteroatoms. The van der Waals surface area contributed by atoms with Crippen LogP contribution in [0.2, 0.25) is 5.02 Å². The van der Waals surface area contributed by atoms with Crippen molar-refractivity contribution in [3.63, 3.8) is 0 Å². The maximum Gasteiger partial charge on any atom is 0.129 e. The van der Waals surface area contributed by atoms with Gasteiger partial charge in [-0.05, 0) is 29.8 Å². The first kappa shape index (κ1) is 11.2. The Morgan fingerprint density at radius 3 is 2.88 bits per heavy atom. The van der Waals surface area contributed by atoms with Gasteiger partial charge in [0, 0.05) is 17.0 Å². The molecule has 2 rings (SSSR count). The van der Waals surface area contributed by atoms with Crippen LogP contribution in [0.4, 0.5) is 4.39 Å². The minimum atomic E-state index is -0.920. The van der Waals surface area contributed by atoms with E-state index >= 15 is 0 Å². The third-order valence-corrected chi connectivity index (χ3v) is 2.56. The maximum atomic E-state index is 13.4. The Kier molecular flexibility index (Phi) is 3.27. The Balaban J connectivity index is 2.20. The fourth-order valence-corrected chi connectivity index (χ4v) is 1.69. The fraction of sp³-hybridized carbons (Fsp3) is 0.167. The van der Waals surface area contributed by atoms with Crippen LogP contribution >= 0.6 is 11.6 Å². The lowest BCUT2D eigenvalue weighted by Gasteiger charge is -2.11. The molecule has 1 N–H and O–H groups in total. The summed E-state index contributed by atoms with van der Waals surface area (Å²) in [6.07, 6.45) is 2.41. The van der Waals surface area contributed by atoms with Gasteiger partial charge in [0.15, 0.2) is 0 Å². The summed E-state index contributed by atoms with van der Waals surface area (Å²) in [6, 6.07) is 5.86. The molecule has 0 spiro atoms. The standard InChI is InChI=1S/C12H10ClFO2/c13-9-1-2-11(14)10(6-9)12(15)5-8-3-4-16-7-8/h1-4,6-7,12,15H,5H2. The van der Waals surface area contributed by atoms with Crippen molar-refractivity contribution in [2.75, 3.05) is 0 Å². The van der Waals surface area contributed by atoms with E-state index < -0.39 is 11.9 Å². The van der Waals surface area contributed by atoms with Crippen LogP contribution < -0.4 is 0 Å². The third-order valence-electron chi connectivity index (χ3n) is 2.33. The van der Waals surface area contributed by atoms with Crippen LogP contribution in [0.1, 0.15) is 17.2 Å². The molecule has 0 fully saturated rings. The van der Waals surface area contributed by atoms with Crippen molar-refractivity contribution in [2.24, 2.45) is 0 Å². The molecule has 16 heavy (non-hydrogen) atoms. The zero-order chi connectivity index (χ0) is 11.5. The van der Waals surface area contributed by atoms with E-state index in [1.165, 1.54) is 30.7 Å². The molecule has 0 amide bonds. The second-order valence-electron chi connectivity index (χ2n) is 3.52. The lowest BCUT2D eigenvalue weighted by molar-refractivity contribution is 0.173. The average molecular weight is 241 g/mol. The Hall–Kier alpha value is -1.32. The molecule has 84 valence electrons. The number of hydrogen-bond acceptors (Lipinski definition) is 2. The molecule has 2 nitrogen and oxygen atoms in total. The van der Waals surface area contributed by atoms with E-state index in [1.807, 2.05) is 0 Å². The molecule has 1 atom stereocenters. The van der Waals surface area contributed by atoms with Crippen LogP contribution in [0.15, 0.2) is 41.2 Å². The van der Waals surface area contributed by atoms with Crippen molar-refractivity contribution < 1.29 is 13.9 Å².